The largest absolute Gasteiger partial charge is 0.487 e. The second kappa shape index (κ2) is 5.60. The van der Waals surface area contributed by atoms with E-state index in [0.717, 1.165) is 9.37 Å². The van der Waals surface area contributed by atoms with Crippen molar-refractivity contribution in [3.63, 3.8) is 0 Å². The first-order chi connectivity index (χ1) is 8.56. The lowest BCUT2D eigenvalue weighted by molar-refractivity contribution is -0.141. The topological polar surface area (TPSA) is 42.4 Å². The molecule has 18 heavy (non-hydrogen) atoms. The summed E-state index contributed by atoms with van der Waals surface area (Å²) in [5, 5.41) is 0. The van der Waals surface area contributed by atoms with E-state index >= 15 is 0 Å². The number of ether oxygens (including phenoxy) is 1. The summed E-state index contributed by atoms with van der Waals surface area (Å²) in [6.45, 7) is 0.491. The van der Waals surface area contributed by atoms with Crippen LogP contribution in [0.1, 0.15) is 6.42 Å². The SMILES string of the molecule is O=C(C(F)F)N1CC[C@@H](Oc2cncc(Br)c2)C1. The van der Waals surface area contributed by atoms with Crippen LogP contribution >= 0.6 is 15.9 Å². The summed E-state index contributed by atoms with van der Waals surface area (Å²) in [5.74, 6) is -0.575. The highest BCUT2D eigenvalue weighted by atomic mass is 79.9. The molecule has 0 spiro atoms. The molecule has 0 unspecified atom stereocenters. The van der Waals surface area contributed by atoms with Crippen LogP contribution in [-0.4, -0.2) is 41.4 Å². The van der Waals surface area contributed by atoms with Crippen LogP contribution < -0.4 is 4.74 Å². The number of alkyl halides is 2. The summed E-state index contributed by atoms with van der Waals surface area (Å²) in [6.07, 6.45) is 0.502. The van der Waals surface area contributed by atoms with E-state index in [9.17, 15) is 13.6 Å². The Morgan fingerprint density at radius 1 is 1.56 bits per heavy atom. The molecule has 0 N–H and O–H groups in total. The zero-order valence-corrected chi connectivity index (χ0v) is 10.9. The first-order valence-electron chi connectivity index (χ1n) is 5.40. The highest BCUT2D eigenvalue weighted by Crippen LogP contribution is 2.21. The molecule has 1 aliphatic heterocycles. The van der Waals surface area contributed by atoms with Gasteiger partial charge < -0.3 is 9.64 Å². The minimum absolute atomic E-state index is 0.190. The van der Waals surface area contributed by atoms with Gasteiger partial charge in [0.2, 0.25) is 0 Å². The van der Waals surface area contributed by atoms with Crippen LogP contribution in [0.25, 0.3) is 0 Å². The second-order valence-corrected chi connectivity index (χ2v) is 4.87. The van der Waals surface area contributed by atoms with Crippen LogP contribution in [0.15, 0.2) is 22.9 Å². The van der Waals surface area contributed by atoms with Crippen LogP contribution in [0.3, 0.4) is 0 Å². The average Bonchev–Trinajstić information content (AvgIpc) is 2.76. The Hall–Kier alpha value is -1.24. The number of carbonyl (C=O) groups excluding carboxylic acids is 1. The lowest BCUT2D eigenvalue weighted by atomic mass is 10.3. The first kappa shape index (κ1) is 13.2. The predicted octanol–water partition coefficient (Wildman–Crippen LogP) is 2.09. The fourth-order valence-electron chi connectivity index (χ4n) is 1.81. The van der Waals surface area contributed by atoms with Gasteiger partial charge in [-0.05, 0) is 22.0 Å². The molecule has 7 heteroatoms. The van der Waals surface area contributed by atoms with Crippen LogP contribution in [0, 0.1) is 0 Å². The third-order valence-electron chi connectivity index (χ3n) is 2.63. The Kier molecular flexibility index (Phi) is 4.11. The van der Waals surface area contributed by atoms with Gasteiger partial charge in [0.15, 0.2) is 0 Å². The molecule has 2 rings (SSSR count). The Bertz CT molecular complexity index is 445. The van der Waals surface area contributed by atoms with Crippen molar-refractivity contribution in [2.45, 2.75) is 19.0 Å². The highest BCUT2D eigenvalue weighted by molar-refractivity contribution is 9.10. The van der Waals surface area contributed by atoms with Gasteiger partial charge in [-0.15, -0.1) is 0 Å². The number of hydrogen-bond acceptors (Lipinski definition) is 3. The van der Waals surface area contributed by atoms with E-state index in [1.54, 1.807) is 18.5 Å². The Labute approximate surface area is 111 Å². The van der Waals surface area contributed by atoms with Crippen molar-refractivity contribution in [1.29, 1.82) is 0 Å². The molecular weight excluding hydrogens is 310 g/mol. The minimum Gasteiger partial charge on any atom is -0.487 e. The minimum atomic E-state index is -2.95. The number of likely N-dealkylation sites (tertiary alicyclic amines) is 1. The molecule has 0 saturated carbocycles. The maximum absolute atomic E-state index is 12.2. The van der Waals surface area contributed by atoms with Crippen molar-refractivity contribution in [2.75, 3.05) is 13.1 Å². The van der Waals surface area contributed by atoms with Gasteiger partial charge in [0.25, 0.3) is 5.91 Å². The van der Waals surface area contributed by atoms with Crippen LogP contribution in [-0.2, 0) is 4.79 Å². The van der Waals surface area contributed by atoms with Crippen molar-refractivity contribution in [3.8, 4) is 5.75 Å². The Morgan fingerprint density at radius 3 is 3.00 bits per heavy atom. The lowest BCUT2D eigenvalue weighted by Gasteiger charge is -2.16. The second-order valence-electron chi connectivity index (χ2n) is 3.95. The van der Waals surface area contributed by atoms with Gasteiger partial charge in [-0.2, -0.15) is 8.78 Å². The molecule has 0 bridgehead atoms. The molecular formula is C11H11BrF2N2O2. The maximum Gasteiger partial charge on any atom is 0.315 e. The van der Waals surface area contributed by atoms with Crippen molar-refractivity contribution in [2.24, 2.45) is 0 Å². The molecule has 4 nitrogen and oxygen atoms in total. The van der Waals surface area contributed by atoms with Gasteiger partial charge in [0.05, 0.1) is 12.7 Å². The van der Waals surface area contributed by atoms with Gasteiger partial charge in [-0.25, -0.2) is 0 Å². The Morgan fingerprint density at radius 2 is 2.33 bits per heavy atom. The predicted molar refractivity (Wildman–Crippen MR) is 63.6 cm³/mol. The zero-order valence-electron chi connectivity index (χ0n) is 9.35. The van der Waals surface area contributed by atoms with E-state index < -0.39 is 12.3 Å². The molecule has 1 amide bonds. The summed E-state index contributed by atoms with van der Waals surface area (Å²) in [6, 6.07) is 1.74. The number of rotatable bonds is 3. The summed E-state index contributed by atoms with van der Waals surface area (Å²) in [4.78, 5) is 16.2. The van der Waals surface area contributed by atoms with E-state index in [0.29, 0.717) is 18.7 Å². The number of nitrogens with zero attached hydrogens (tertiary/aromatic N) is 2. The summed E-state index contributed by atoms with van der Waals surface area (Å²) in [5.41, 5.74) is 0. The molecule has 1 saturated heterocycles. The molecule has 1 aromatic heterocycles. The van der Waals surface area contributed by atoms with Crippen LogP contribution in [0.5, 0.6) is 5.75 Å². The number of amides is 1. The first-order valence-corrected chi connectivity index (χ1v) is 6.19. The van der Waals surface area contributed by atoms with Crippen LogP contribution in [0.2, 0.25) is 0 Å². The number of aromatic nitrogens is 1. The highest BCUT2D eigenvalue weighted by Gasteiger charge is 2.31. The van der Waals surface area contributed by atoms with Gasteiger partial charge >= 0.3 is 6.43 Å². The standard InChI is InChI=1S/C11H11BrF2N2O2/c12-7-3-9(5-15-4-7)18-8-1-2-16(6-8)11(17)10(13)14/h3-5,8,10H,1-2,6H2/t8-/m1/s1. The molecule has 2 heterocycles. The maximum atomic E-state index is 12.2. The molecule has 1 aliphatic rings. The fourth-order valence-corrected chi connectivity index (χ4v) is 2.16. The summed E-state index contributed by atoms with van der Waals surface area (Å²) < 4.78 is 30.8. The Balaban J connectivity index is 1.92. The number of halogens is 3. The van der Waals surface area contributed by atoms with Crippen LogP contribution in [0.4, 0.5) is 8.78 Å². The number of pyridine rings is 1. The third kappa shape index (κ3) is 3.16. The van der Waals surface area contributed by atoms with Gasteiger partial charge in [-0.3, -0.25) is 9.78 Å². The number of hydrogen-bond donors (Lipinski definition) is 0. The molecule has 1 atom stereocenters. The zero-order chi connectivity index (χ0) is 13.1. The fraction of sp³-hybridized carbons (Fsp3) is 0.455. The quantitative estimate of drug-likeness (QED) is 0.856. The van der Waals surface area contributed by atoms with E-state index in [-0.39, 0.29) is 12.6 Å². The van der Waals surface area contributed by atoms with Gasteiger partial charge in [0, 0.05) is 23.6 Å². The molecule has 0 aromatic carbocycles. The molecule has 0 radical (unpaired) electrons. The molecule has 0 aliphatic carbocycles. The number of carbonyl (C=O) groups is 1. The monoisotopic (exact) mass is 320 g/mol. The van der Waals surface area contributed by atoms with Crippen molar-refractivity contribution in [3.05, 3.63) is 22.9 Å². The van der Waals surface area contributed by atoms with Crippen molar-refractivity contribution in [1.82, 2.24) is 9.88 Å². The van der Waals surface area contributed by atoms with E-state index in [1.807, 2.05) is 0 Å². The van der Waals surface area contributed by atoms with Crippen molar-refractivity contribution >= 4 is 21.8 Å². The van der Waals surface area contributed by atoms with E-state index in [1.165, 1.54) is 0 Å². The average molecular weight is 321 g/mol. The van der Waals surface area contributed by atoms with E-state index in [2.05, 4.69) is 20.9 Å². The van der Waals surface area contributed by atoms with Gasteiger partial charge in [0.1, 0.15) is 11.9 Å². The van der Waals surface area contributed by atoms with Crippen molar-refractivity contribution < 1.29 is 18.3 Å². The molecule has 98 valence electrons. The summed E-state index contributed by atoms with van der Waals surface area (Å²) >= 11 is 3.26. The smallest absolute Gasteiger partial charge is 0.315 e. The van der Waals surface area contributed by atoms with E-state index in [4.69, 9.17) is 4.74 Å². The molecule has 1 aromatic rings. The molecule has 1 fully saturated rings. The van der Waals surface area contributed by atoms with Gasteiger partial charge in [-0.1, -0.05) is 0 Å². The lowest BCUT2D eigenvalue weighted by Crippen LogP contribution is -2.35. The normalized spacial score (nSPS) is 19.3. The third-order valence-corrected chi connectivity index (χ3v) is 3.06. The summed E-state index contributed by atoms with van der Waals surface area (Å²) in [7, 11) is 0.